The highest BCUT2D eigenvalue weighted by Crippen LogP contribution is 2.37. The molecule has 0 spiro atoms. The number of rotatable bonds is 2. The molecule has 0 saturated heterocycles. The van der Waals surface area contributed by atoms with E-state index in [2.05, 4.69) is 15.9 Å². The van der Waals surface area contributed by atoms with Gasteiger partial charge in [-0.1, -0.05) is 45.2 Å². The van der Waals surface area contributed by atoms with Gasteiger partial charge < -0.3 is 0 Å². The van der Waals surface area contributed by atoms with E-state index in [1.807, 2.05) is 0 Å². The molecule has 0 aliphatic carbocycles. The summed E-state index contributed by atoms with van der Waals surface area (Å²) < 4.78 is 39.3. The average Bonchev–Trinajstić information content (AvgIpc) is 2.36. The van der Waals surface area contributed by atoms with E-state index < -0.39 is 22.3 Å². The zero-order valence-electron chi connectivity index (χ0n) is 9.23. The largest absolute Gasteiger partial charge is 0.205 e. The first-order chi connectivity index (χ1) is 8.90. The predicted octanol–water partition coefficient (Wildman–Crippen LogP) is 5.90. The summed E-state index contributed by atoms with van der Waals surface area (Å²) in [5, 5.41) is 0.0156. The Morgan fingerprint density at radius 2 is 1.47 bits per heavy atom. The second kappa shape index (κ2) is 5.73. The Kier molecular flexibility index (Phi) is 4.43. The van der Waals surface area contributed by atoms with Crippen LogP contribution in [-0.2, 0) is 0 Å². The Hall–Kier alpha value is -0.710. The summed E-state index contributed by atoms with van der Waals surface area (Å²) >= 11 is 14.9. The Morgan fingerprint density at radius 3 is 2.11 bits per heavy atom. The molecule has 0 aliphatic rings. The molecule has 2 aromatic carbocycles. The predicted molar refractivity (Wildman–Crippen MR) is 73.5 cm³/mol. The maximum absolute atomic E-state index is 13.2. The van der Waals surface area contributed by atoms with Crippen molar-refractivity contribution in [2.24, 2.45) is 0 Å². The summed E-state index contributed by atoms with van der Waals surface area (Å²) in [5.41, 5.74) is 0.919. The molecular weight excluding hydrogens is 364 g/mol. The van der Waals surface area contributed by atoms with Crippen LogP contribution in [-0.4, -0.2) is 0 Å². The molecule has 2 aromatic rings. The minimum atomic E-state index is -1.02. The van der Waals surface area contributed by atoms with E-state index >= 15 is 0 Å². The number of halogens is 6. The van der Waals surface area contributed by atoms with Crippen LogP contribution >= 0.6 is 39.1 Å². The molecule has 2 rings (SSSR count). The Bertz CT molecular complexity index is 632. The molecule has 0 radical (unpaired) electrons. The van der Waals surface area contributed by atoms with Crippen molar-refractivity contribution >= 4 is 39.1 Å². The third-order valence-corrected chi connectivity index (χ3v) is 4.19. The fraction of sp³-hybridized carbons (Fsp3) is 0.0769. The summed E-state index contributed by atoms with van der Waals surface area (Å²) in [7, 11) is 0. The van der Waals surface area contributed by atoms with Crippen LogP contribution in [0.5, 0.6) is 0 Å². The van der Waals surface area contributed by atoms with E-state index in [-0.39, 0.29) is 10.0 Å². The standard InChI is InChI=1S/C13H6BrCl2F3/c14-13(6-1-2-10(17)9(16)3-6)7-4-11(18)12(19)5-8(7)15/h1-5,13H. The van der Waals surface area contributed by atoms with E-state index in [0.29, 0.717) is 11.1 Å². The van der Waals surface area contributed by atoms with Gasteiger partial charge in [0.2, 0.25) is 0 Å². The van der Waals surface area contributed by atoms with Crippen molar-refractivity contribution in [1.29, 1.82) is 0 Å². The fourth-order valence-corrected chi connectivity index (χ4v) is 2.83. The van der Waals surface area contributed by atoms with E-state index in [9.17, 15) is 13.2 Å². The van der Waals surface area contributed by atoms with Gasteiger partial charge >= 0.3 is 0 Å². The maximum atomic E-state index is 13.2. The fourth-order valence-electron chi connectivity index (χ4n) is 1.58. The van der Waals surface area contributed by atoms with Gasteiger partial charge in [-0.3, -0.25) is 0 Å². The highest BCUT2D eigenvalue weighted by atomic mass is 79.9. The summed E-state index contributed by atoms with van der Waals surface area (Å²) in [6, 6.07) is 5.96. The van der Waals surface area contributed by atoms with Crippen LogP contribution in [0.15, 0.2) is 30.3 Å². The van der Waals surface area contributed by atoms with Gasteiger partial charge in [-0.15, -0.1) is 0 Å². The van der Waals surface area contributed by atoms with Gasteiger partial charge in [-0.2, -0.15) is 0 Å². The molecule has 0 aromatic heterocycles. The van der Waals surface area contributed by atoms with Crippen LogP contribution in [0.4, 0.5) is 13.2 Å². The molecule has 6 heteroatoms. The zero-order chi connectivity index (χ0) is 14.2. The minimum absolute atomic E-state index is 0.0549. The zero-order valence-corrected chi connectivity index (χ0v) is 12.3. The highest BCUT2D eigenvalue weighted by molar-refractivity contribution is 9.09. The van der Waals surface area contributed by atoms with Gasteiger partial charge in [0.1, 0.15) is 5.82 Å². The normalized spacial score (nSPS) is 12.5. The van der Waals surface area contributed by atoms with Crippen molar-refractivity contribution < 1.29 is 13.2 Å². The van der Waals surface area contributed by atoms with Crippen LogP contribution in [0.3, 0.4) is 0 Å². The van der Waals surface area contributed by atoms with Gasteiger partial charge in [0.15, 0.2) is 11.6 Å². The highest BCUT2D eigenvalue weighted by Gasteiger charge is 2.18. The van der Waals surface area contributed by atoms with Gasteiger partial charge in [0.25, 0.3) is 0 Å². The van der Waals surface area contributed by atoms with E-state index in [4.69, 9.17) is 23.2 Å². The van der Waals surface area contributed by atoms with Gasteiger partial charge in [0.05, 0.1) is 9.85 Å². The van der Waals surface area contributed by atoms with Crippen molar-refractivity contribution in [2.45, 2.75) is 4.83 Å². The minimum Gasteiger partial charge on any atom is -0.205 e. The lowest BCUT2D eigenvalue weighted by Gasteiger charge is -2.13. The number of hydrogen-bond acceptors (Lipinski definition) is 0. The van der Waals surface area contributed by atoms with Crippen LogP contribution in [0.1, 0.15) is 16.0 Å². The molecule has 0 bridgehead atoms. The molecule has 19 heavy (non-hydrogen) atoms. The van der Waals surface area contributed by atoms with Crippen LogP contribution in [0.25, 0.3) is 0 Å². The lowest BCUT2D eigenvalue weighted by molar-refractivity contribution is 0.507. The van der Waals surface area contributed by atoms with Crippen molar-refractivity contribution in [2.75, 3.05) is 0 Å². The SMILES string of the molecule is Fc1cc(Cl)c(C(Br)c2ccc(F)c(Cl)c2)cc1F. The van der Waals surface area contributed by atoms with Crippen molar-refractivity contribution in [3.8, 4) is 0 Å². The first kappa shape index (κ1) is 14.7. The lowest BCUT2D eigenvalue weighted by Crippen LogP contribution is -1.97. The third kappa shape index (κ3) is 3.07. The second-order valence-electron chi connectivity index (χ2n) is 3.82. The lowest BCUT2D eigenvalue weighted by atomic mass is 10.0. The second-order valence-corrected chi connectivity index (χ2v) is 5.55. The third-order valence-electron chi connectivity index (χ3n) is 2.55. The molecular formula is C13H6BrCl2F3. The maximum Gasteiger partial charge on any atom is 0.160 e. The van der Waals surface area contributed by atoms with E-state index in [0.717, 1.165) is 12.1 Å². The van der Waals surface area contributed by atoms with Crippen molar-refractivity contribution in [1.82, 2.24) is 0 Å². The summed E-state index contributed by atoms with van der Waals surface area (Å²) in [4.78, 5) is -0.520. The van der Waals surface area contributed by atoms with E-state index in [1.54, 1.807) is 0 Å². The molecule has 0 saturated carbocycles. The smallest absolute Gasteiger partial charge is 0.160 e. The molecule has 1 unspecified atom stereocenters. The average molecular weight is 370 g/mol. The molecule has 1 atom stereocenters. The van der Waals surface area contributed by atoms with Gasteiger partial charge in [-0.25, -0.2) is 13.2 Å². The number of alkyl halides is 1. The van der Waals surface area contributed by atoms with Crippen molar-refractivity contribution in [3.05, 3.63) is 69.0 Å². The monoisotopic (exact) mass is 368 g/mol. The first-order valence-electron chi connectivity index (χ1n) is 5.13. The molecule has 0 amide bonds. The first-order valence-corrected chi connectivity index (χ1v) is 6.80. The Morgan fingerprint density at radius 1 is 0.842 bits per heavy atom. The quantitative estimate of drug-likeness (QED) is 0.457. The Balaban J connectivity index is 2.46. The number of benzene rings is 2. The number of hydrogen-bond donors (Lipinski definition) is 0. The van der Waals surface area contributed by atoms with Crippen LogP contribution in [0, 0.1) is 17.5 Å². The topological polar surface area (TPSA) is 0 Å². The Labute approximate surface area is 126 Å². The molecule has 0 fully saturated rings. The van der Waals surface area contributed by atoms with Gasteiger partial charge in [0, 0.05) is 5.02 Å². The van der Waals surface area contributed by atoms with Gasteiger partial charge in [-0.05, 0) is 35.4 Å². The summed E-state index contributed by atoms with van der Waals surface area (Å²) in [6.45, 7) is 0. The molecule has 0 N–H and O–H groups in total. The van der Waals surface area contributed by atoms with E-state index in [1.165, 1.54) is 18.2 Å². The molecule has 0 heterocycles. The van der Waals surface area contributed by atoms with Crippen LogP contribution < -0.4 is 0 Å². The summed E-state index contributed by atoms with van der Waals surface area (Å²) in [5.74, 6) is -2.58. The van der Waals surface area contributed by atoms with Crippen molar-refractivity contribution in [3.63, 3.8) is 0 Å². The molecule has 100 valence electrons. The van der Waals surface area contributed by atoms with Crippen LogP contribution in [0.2, 0.25) is 10.0 Å². The molecule has 0 nitrogen and oxygen atoms in total. The summed E-state index contributed by atoms with van der Waals surface area (Å²) in [6.07, 6.45) is 0. The molecule has 0 aliphatic heterocycles.